The number of halogens is 3. The van der Waals surface area contributed by atoms with Gasteiger partial charge < -0.3 is 10.6 Å². The fourth-order valence-electron chi connectivity index (χ4n) is 5.51. The van der Waals surface area contributed by atoms with Gasteiger partial charge >= 0.3 is 6.18 Å². The Labute approximate surface area is 262 Å². The summed E-state index contributed by atoms with van der Waals surface area (Å²) in [5.74, 6) is 0. The van der Waals surface area contributed by atoms with Crippen molar-refractivity contribution >= 4 is 22.3 Å². The minimum atomic E-state index is -4.48. The Morgan fingerprint density at radius 2 is 1.80 bits per heavy atom. The first-order valence-electron chi connectivity index (χ1n) is 14.6. The van der Waals surface area contributed by atoms with Crippen LogP contribution in [0.4, 0.5) is 24.5 Å². The van der Waals surface area contributed by atoms with E-state index in [9.17, 15) is 23.7 Å². The minimum Gasteiger partial charge on any atom is -0.383 e. The quantitative estimate of drug-likeness (QED) is 0.207. The van der Waals surface area contributed by atoms with Gasteiger partial charge in [-0.2, -0.15) is 23.7 Å². The van der Waals surface area contributed by atoms with Crippen molar-refractivity contribution in [1.29, 1.82) is 10.5 Å². The van der Waals surface area contributed by atoms with Gasteiger partial charge in [0.05, 0.1) is 52.0 Å². The Morgan fingerprint density at radius 1 is 1.07 bits per heavy atom. The Morgan fingerprint density at radius 3 is 2.43 bits per heavy atom. The molecule has 234 valence electrons. The standard InChI is InChI=1S/C32H30F3N11/c1-19-22(6-5-7-26(19)45-17-40-41-18-45)29(25-15-46(44-43-25)31(8-9-31)32(33,34)35)42-24-11-20(12-36)10-23-27(39-16-30(2,3)4)21(13-37)14-38-28(23)24/h5-7,10-11,14-15,17-18,29,42H,8-9,16H2,1-4H3,(H,38,39)/t29-/m0/s1. The zero-order valence-electron chi connectivity index (χ0n) is 25.6. The van der Waals surface area contributed by atoms with E-state index >= 15 is 0 Å². The number of alkyl halides is 3. The molecule has 0 aliphatic heterocycles. The fraction of sp³-hybridized carbons (Fsp3) is 0.344. The summed E-state index contributed by atoms with van der Waals surface area (Å²) in [6, 6.07) is 12.4. The summed E-state index contributed by atoms with van der Waals surface area (Å²) in [7, 11) is 0. The molecule has 0 saturated heterocycles. The van der Waals surface area contributed by atoms with Gasteiger partial charge in [-0.25, -0.2) is 4.68 Å². The molecule has 0 bridgehead atoms. The van der Waals surface area contributed by atoms with E-state index in [4.69, 9.17) is 0 Å². The van der Waals surface area contributed by atoms with E-state index in [0.29, 0.717) is 45.5 Å². The monoisotopic (exact) mass is 625 g/mol. The van der Waals surface area contributed by atoms with Crippen LogP contribution in [0.3, 0.4) is 0 Å². The van der Waals surface area contributed by atoms with E-state index in [2.05, 4.69) is 69.0 Å². The second-order valence-electron chi connectivity index (χ2n) is 12.7. The first kappa shape index (κ1) is 30.5. The minimum absolute atomic E-state index is 0.0795. The first-order valence-corrected chi connectivity index (χ1v) is 14.6. The molecule has 0 spiro atoms. The van der Waals surface area contributed by atoms with E-state index in [-0.39, 0.29) is 24.0 Å². The van der Waals surface area contributed by atoms with Crippen molar-refractivity contribution in [1.82, 2.24) is 34.7 Å². The normalized spacial score (nSPS) is 14.8. The van der Waals surface area contributed by atoms with E-state index < -0.39 is 17.8 Å². The predicted octanol–water partition coefficient (Wildman–Crippen LogP) is 6.17. The van der Waals surface area contributed by atoms with Gasteiger partial charge in [-0.15, -0.1) is 15.3 Å². The maximum absolute atomic E-state index is 14.0. The number of rotatable bonds is 8. The lowest BCUT2D eigenvalue weighted by Gasteiger charge is -2.24. The highest BCUT2D eigenvalue weighted by atomic mass is 19.4. The first-order chi connectivity index (χ1) is 21.8. The maximum atomic E-state index is 14.0. The number of fused-ring (bicyclic) bond motifs is 1. The van der Waals surface area contributed by atoms with Gasteiger partial charge in [0.15, 0.2) is 5.54 Å². The van der Waals surface area contributed by atoms with E-state index in [1.54, 1.807) is 29.4 Å². The summed E-state index contributed by atoms with van der Waals surface area (Å²) in [5, 5.41) is 43.3. The molecular formula is C32H30F3N11. The smallest absolute Gasteiger partial charge is 0.383 e. The number of hydrogen-bond acceptors (Lipinski definition) is 9. The van der Waals surface area contributed by atoms with Gasteiger partial charge in [-0.1, -0.05) is 38.1 Å². The van der Waals surface area contributed by atoms with E-state index in [0.717, 1.165) is 15.9 Å². The fourth-order valence-corrected chi connectivity index (χ4v) is 5.51. The third kappa shape index (κ3) is 5.47. The van der Waals surface area contributed by atoms with Gasteiger partial charge in [-0.3, -0.25) is 9.55 Å². The second-order valence-corrected chi connectivity index (χ2v) is 12.7. The van der Waals surface area contributed by atoms with Gasteiger partial charge in [-0.05, 0) is 54.5 Å². The molecule has 1 aliphatic carbocycles. The van der Waals surface area contributed by atoms with Crippen molar-refractivity contribution < 1.29 is 13.2 Å². The number of hydrogen-bond donors (Lipinski definition) is 2. The van der Waals surface area contributed by atoms with Crippen LogP contribution in [0.15, 0.2) is 55.4 Å². The summed E-state index contributed by atoms with van der Waals surface area (Å²) in [5.41, 5.74) is 2.35. The highest BCUT2D eigenvalue weighted by Gasteiger charge is 2.66. The number of nitrogens with one attached hydrogen (secondary N) is 2. The Hall–Kier alpha value is -5.50. The molecular weight excluding hydrogens is 595 g/mol. The van der Waals surface area contributed by atoms with Crippen LogP contribution in [0, 0.1) is 35.0 Å². The summed E-state index contributed by atoms with van der Waals surface area (Å²) >= 11 is 0. The largest absolute Gasteiger partial charge is 0.413 e. The lowest BCUT2D eigenvalue weighted by atomic mass is 9.95. The van der Waals surface area contributed by atoms with E-state index in [1.165, 1.54) is 12.4 Å². The average molecular weight is 626 g/mol. The molecule has 0 unspecified atom stereocenters. The Balaban J connectivity index is 1.52. The molecule has 1 atom stereocenters. The number of aromatic nitrogens is 7. The summed E-state index contributed by atoms with van der Waals surface area (Å²) in [6.07, 6.45) is 1.26. The predicted molar refractivity (Wildman–Crippen MR) is 164 cm³/mol. The second kappa shape index (κ2) is 11.1. The van der Waals surface area contributed by atoms with Crippen molar-refractivity contribution in [2.45, 2.75) is 58.3 Å². The molecule has 2 aromatic carbocycles. The van der Waals surface area contributed by atoms with E-state index in [1.807, 2.05) is 25.1 Å². The third-order valence-electron chi connectivity index (χ3n) is 8.17. The number of anilines is 2. The van der Waals surface area contributed by atoms with Crippen LogP contribution in [-0.2, 0) is 5.54 Å². The van der Waals surface area contributed by atoms with Crippen LogP contribution in [0.1, 0.15) is 67.6 Å². The lowest BCUT2D eigenvalue weighted by molar-refractivity contribution is -0.182. The molecule has 2 N–H and O–H groups in total. The number of benzene rings is 2. The van der Waals surface area contributed by atoms with Crippen molar-refractivity contribution in [3.8, 4) is 17.8 Å². The SMILES string of the molecule is Cc1c([C@H](Nc2cc(C#N)cc3c(NCC(C)(C)C)c(C#N)cnc23)c2cn(C3(C(F)(F)F)CC3)nn2)cccc1-n1cnnc1. The molecule has 6 rings (SSSR count). The van der Waals surface area contributed by atoms with Crippen LogP contribution in [0.2, 0.25) is 0 Å². The van der Waals surface area contributed by atoms with Gasteiger partial charge in [0, 0.05) is 18.1 Å². The van der Waals surface area contributed by atoms with Gasteiger partial charge in [0.2, 0.25) is 0 Å². The summed E-state index contributed by atoms with van der Waals surface area (Å²) in [6.45, 7) is 8.60. The highest BCUT2D eigenvalue weighted by Crippen LogP contribution is 2.55. The van der Waals surface area contributed by atoms with Crippen molar-refractivity contribution in [3.05, 3.63) is 83.3 Å². The molecule has 3 aromatic heterocycles. The van der Waals surface area contributed by atoms with Crippen molar-refractivity contribution in [3.63, 3.8) is 0 Å². The molecule has 1 saturated carbocycles. The molecule has 3 heterocycles. The van der Waals surface area contributed by atoms with Crippen LogP contribution in [0.25, 0.3) is 16.6 Å². The van der Waals surface area contributed by atoms with Gasteiger partial charge in [0.1, 0.15) is 24.4 Å². The van der Waals surface area contributed by atoms with Crippen LogP contribution < -0.4 is 10.6 Å². The van der Waals surface area contributed by atoms with Crippen molar-refractivity contribution in [2.75, 3.05) is 17.2 Å². The van der Waals surface area contributed by atoms with Crippen LogP contribution >= 0.6 is 0 Å². The number of nitrogens with zero attached hydrogens (tertiary/aromatic N) is 9. The summed E-state index contributed by atoms with van der Waals surface area (Å²) < 4.78 is 44.8. The molecule has 0 radical (unpaired) electrons. The molecule has 0 amide bonds. The van der Waals surface area contributed by atoms with Gasteiger partial charge in [0.25, 0.3) is 0 Å². The lowest BCUT2D eigenvalue weighted by Crippen LogP contribution is -2.35. The van der Waals surface area contributed by atoms with Crippen LogP contribution in [0.5, 0.6) is 0 Å². The zero-order valence-corrected chi connectivity index (χ0v) is 25.6. The highest BCUT2D eigenvalue weighted by molar-refractivity contribution is 6.01. The molecule has 11 nitrogen and oxygen atoms in total. The van der Waals surface area contributed by atoms with Crippen molar-refractivity contribution in [2.24, 2.45) is 5.41 Å². The Kier molecular flexibility index (Phi) is 7.39. The average Bonchev–Trinajstić information content (AvgIpc) is 3.41. The molecule has 1 fully saturated rings. The molecule has 14 heteroatoms. The zero-order chi connectivity index (χ0) is 32.9. The van der Waals surface area contributed by atoms with Crippen LogP contribution in [-0.4, -0.2) is 47.5 Å². The topological polar surface area (TPSA) is 146 Å². The molecule has 46 heavy (non-hydrogen) atoms. The molecule has 5 aromatic rings. The molecule has 1 aliphatic rings. The third-order valence-corrected chi connectivity index (χ3v) is 8.17. The number of pyridine rings is 1. The summed E-state index contributed by atoms with van der Waals surface area (Å²) in [4.78, 5) is 4.60. The Bertz CT molecular complexity index is 2000. The number of nitriles is 2. The maximum Gasteiger partial charge on any atom is 0.413 e.